The number of amides is 1. The van der Waals surface area contributed by atoms with E-state index in [1.54, 1.807) is 21.3 Å². The molecular weight excluding hydrogens is 350 g/mol. The van der Waals surface area contributed by atoms with Gasteiger partial charge in [-0.05, 0) is 54.6 Å². The quantitative estimate of drug-likeness (QED) is 0.770. The molecule has 6 nitrogen and oxygen atoms in total. The van der Waals surface area contributed by atoms with E-state index in [0.717, 1.165) is 11.3 Å². The molecule has 0 bridgehead atoms. The molecule has 1 fully saturated rings. The van der Waals surface area contributed by atoms with Crippen molar-refractivity contribution in [2.75, 3.05) is 21.3 Å². The fraction of sp³-hybridized carbons (Fsp3) is 0.211. The standard InChI is InChI=1S/C19H19N3O3S/c1-12-6-5-7-17(20-12)21-19-22(2)18(23)16(26-19)11-13-8-9-14(24-3)15(10-13)25-4/h5-11H,1-4H3/b16-11-,21-19+. The lowest BCUT2D eigenvalue weighted by Gasteiger charge is -2.08. The smallest absolute Gasteiger partial charge is 0.266 e. The zero-order valence-electron chi connectivity index (χ0n) is 15.0. The van der Waals surface area contributed by atoms with Gasteiger partial charge in [-0.15, -0.1) is 0 Å². The minimum Gasteiger partial charge on any atom is -0.493 e. The molecule has 0 aliphatic carbocycles. The number of carbonyl (C=O) groups excluding carboxylic acids is 1. The predicted molar refractivity (Wildman–Crippen MR) is 104 cm³/mol. The second-order valence-corrected chi connectivity index (χ2v) is 6.63. The van der Waals surface area contributed by atoms with Crippen molar-refractivity contribution in [3.63, 3.8) is 0 Å². The Morgan fingerprint density at radius 3 is 2.62 bits per heavy atom. The highest BCUT2D eigenvalue weighted by atomic mass is 32.2. The van der Waals surface area contributed by atoms with Crippen molar-refractivity contribution in [3.8, 4) is 11.5 Å². The van der Waals surface area contributed by atoms with E-state index in [1.165, 1.54) is 16.7 Å². The lowest BCUT2D eigenvalue weighted by atomic mass is 10.2. The zero-order chi connectivity index (χ0) is 18.7. The molecule has 0 radical (unpaired) electrons. The number of methoxy groups -OCH3 is 2. The fourth-order valence-corrected chi connectivity index (χ4v) is 3.41. The number of pyridine rings is 1. The van der Waals surface area contributed by atoms with Crippen molar-refractivity contribution < 1.29 is 14.3 Å². The molecule has 0 atom stereocenters. The number of ether oxygens (including phenoxy) is 2. The summed E-state index contributed by atoms with van der Waals surface area (Å²) in [5.74, 6) is 1.74. The first-order valence-electron chi connectivity index (χ1n) is 7.94. The first-order chi connectivity index (χ1) is 12.5. The van der Waals surface area contributed by atoms with Gasteiger partial charge in [0.15, 0.2) is 22.5 Å². The van der Waals surface area contributed by atoms with Crippen LogP contribution in [0.3, 0.4) is 0 Å². The lowest BCUT2D eigenvalue weighted by molar-refractivity contribution is -0.121. The van der Waals surface area contributed by atoms with E-state index in [0.29, 0.717) is 27.4 Å². The Kier molecular flexibility index (Phi) is 5.27. The Bertz CT molecular complexity index is 909. The highest BCUT2D eigenvalue weighted by Crippen LogP contribution is 2.34. The second kappa shape index (κ2) is 7.61. The van der Waals surface area contributed by atoms with Crippen molar-refractivity contribution in [3.05, 3.63) is 52.6 Å². The number of aryl methyl sites for hydroxylation is 1. The van der Waals surface area contributed by atoms with Crippen LogP contribution in [0.15, 0.2) is 46.3 Å². The van der Waals surface area contributed by atoms with Gasteiger partial charge in [0.2, 0.25) is 0 Å². The molecule has 2 aromatic rings. The van der Waals surface area contributed by atoms with Gasteiger partial charge < -0.3 is 9.47 Å². The van der Waals surface area contributed by atoms with Gasteiger partial charge in [0.05, 0.1) is 19.1 Å². The van der Waals surface area contributed by atoms with Crippen LogP contribution in [-0.2, 0) is 4.79 Å². The van der Waals surface area contributed by atoms with Crippen molar-refractivity contribution in [2.24, 2.45) is 4.99 Å². The Morgan fingerprint density at radius 1 is 1.15 bits per heavy atom. The SMILES string of the molecule is COc1ccc(/C=C2\S/C(=N/c3cccc(C)n3)N(C)C2=O)cc1OC. The summed E-state index contributed by atoms with van der Waals surface area (Å²) in [5.41, 5.74) is 1.73. The van der Waals surface area contributed by atoms with Crippen LogP contribution < -0.4 is 9.47 Å². The Morgan fingerprint density at radius 2 is 1.92 bits per heavy atom. The molecule has 0 N–H and O–H groups in total. The van der Waals surface area contributed by atoms with E-state index in [4.69, 9.17) is 9.47 Å². The van der Waals surface area contributed by atoms with Crippen LogP contribution in [0, 0.1) is 6.92 Å². The number of benzene rings is 1. The van der Waals surface area contributed by atoms with Gasteiger partial charge in [-0.25, -0.2) is 9.98 Å². The van der Waals surface area contributed by atoms with E-state index >= 15 is 0 Å². The van der Waals surface area contributed by atoms with Crippen LogP contribution in [0.1, 0.15) is 11.3 Å². The number of hydrogen-bond acceptors (Lipinski definition) is 6. The lowest BCUT2D eigenvalue weighted by Crippen LogP contribution is -2.23. The van der Waals surface area contributed by atoms with Gasteiger partial charge in [0.1, 0.15) is 0 Å². The van der Waals surface area contributed by atoms with Crippen molar-refractivity contribution in [1.29, 1.82) is 0 Å². The summed E-state index contributed by atoms with van der Waals surface area (Å²) >= 11 is 1.32. The topological polar surface area (TPSA) is 64.0 Å². The predicted octanol–water partition coefficient (Wildman–Crippen LogP) is 3.64. The molecule has 0 spiro atoms. The van der Waals surface area contributed by atoms with E-state index in [9.17, 15) is 4.79 Å². The number of carbonyl (C=O) groups is 1. The summed E-state index contributed by atoms with van der Waals surface area (Å²) < 4.78 is 10.6. The zero-order valence-corrected chi connectivity index (χ0v) is 15.8. The van der Waals surface area contributed by atoms with Gasteiger partial charge in [-0.3, -0.25) is 9.69 Å². The number of thioether (sulfide) groups is 1. The molecule has 0 unspecified atom stereocenters. The third-order valence-electron chi connectivity index (χ3n) is 3.79. The average Bonchev–Trinajstić information content (AvgIpc) is 2.89. The summed E-state index contributed by atoms with van der Waals surface area (Å²) in [5, 5.41) is 0.597. The molecule has 1 aromatic carbocycles. The molecular formula is C19H19N3O3S. The normalized spacial score (nSPS) is 17.2. The van der Waals surface area contributed by atoms with E-state index < -0.39 is 0 Å². The molecule has 0 saturated carbocycles. The van der Waals surface area contributed by atoms with E-state index in [2.05, 4.69) is 9.98 Å². The number of likely N-dealkylation sites (N-methyl/N-ethyl adjacent to an activating group) is 1. The van der Waals surface area contributed by atoms with Crippen LogP contribution in [0.25, 0.3) is 6.08 Å². The number of aromatic nitrogens is 1. The maximum Gasteiger partial charge on any atom is 0.266 e. The van der Waals surface area contributed by atoms with E-state index in [1.807, 2.05) is 49.4 Å². The fourth-order valence-electron chi connectivity index (χ4n) is 2.43. The number of hydrogen-bond donors (Lipinski definition) is 0. The third-order valence-corrected chi connectivity index (χ3v) is 4.85. The molecule has 1 aromatic heterocycles. The second-order valence-electron chi connectivity index (χ2n) is 5.62. The summed E-state index contributed by atoms with van der Waals surface area (Å²) in [4.78, 5) is 23.5. The Balaban J connectivity index is 1.90. The van der Waals surface area contributed by atoms with Gasteiger partial charge in [0, 0.05) is 12.7 Å². The summed E-state index contributed by atoms with van der Waals surface area (Å²) in [7, 11) is 4.88. The Hall–Kier alpha value is -2.80. The maximum atomic E-state index is 12.5. The molecule has 134 valence electrons. The molecule has 1 saturated heterocycles. The highest BCUT2D eigenvalue weighted by molar-refractivity contribution is 8.18. The molecule has 3 rings (SSSR count). The van der Waals surface area contributed by atoms with Gasteiger partial charge >= 0.3 is 0 Å². The van der Waals surface area contributed by atoms with Crippen LogP contribution >= 0.6 is 11.8 Å². The number of amidine groups is 1. The number of nitrogens with zero attached hydrogens (tertiary/aromatic N) is 3. The summed E-state index contributed by atoms with van der Waals surface area (Å²) in [6.45, 7) is 1.91. The first kappa shape index (κ1) is 18.0. The van der Waals surface area contributed by atoms with Crippen molar-refractivity contribution in [2.45, 2.75) is 6.92 Å². The van der Waals surface area contributed by atoms with Crippen LogP contribution in [0.4, 0.5) is 5.82 Å². The van der Waals surface area contributed by atoms with Crippen LogP contribution in [0.2, 0.25) is 0 Å². The molecule has 7 heteroatoms. The maximum absolute atomic E-state index is 12.5. The monoisotopic (exact) mass is 369 g/mol. The summed E-state index contributed by atoms with van der Waals surface area (Å²) in [6.07, 6.45) is 1.82. The number of aliphatic imine (C=N–C) groups is 1. The van der Waals surface area contributed by atoms with Gasteiger partial charge in [0.25, 0.3) is 5.91 Å². The largest absolute Gasteiger partial charge is 0.493 e. The van der Waals surface area contributed by atoms with Crippen molar-refractivity contribution >= 4 is 34.7 Å². The van der Waals surface area contributed by atoms with Gasteiger partial charge in [-0.1, -0.05) is 12.1 Å². The average molecular weight is 369 g/mol. The molecule has 26 heavy (non-hydrogen) atoms. The van der Waals surface area contributed by atoms with Crippen molar-refractivity contribution in [1.82, 2.24) is 9.88 Å². The third kappa shape index (κ3) is 3.72. The first-order valence-corrected chi connectivity index (χ1v) is 8.75. The molecule has 1 amide bonds. The van der Waals surface area contributed by atoms with E-state index in [-0.39, 0.29) is 5.91 Å². The summed E-state index contributed by atoms with van der Waals surface area (Å²) in [6, 6.07) is 11.1. The van der Waals surface area contributed by atoms with Crippen LogP contribution in [-0.4, -0.2) is 42.2 Å². The molecule has 1 aliphatic heterocycles. The highest BCUT2D eigenvalue weighted by Gasteiger charge is 2.30. The minimum atomic E-state index is -0.101. The molecule has 2 heterocycles. The minimum absolute atomic E-state index is 0.101. The van der Waals surface area contributed by atoms with Crippen LogP contribution in [0.5, 0.6) is 11.5 Å². The molecule has 1 aliphatic rings. The van der Waals surface area contributed by atoms with Gasteiger partial charge in [-0.2, -0.15) is 0 Å². The Labute approximate surface area is 156 Å². The number of rotatable bonds is 4.